The second-order valence-electron chi connectivity index (χ2n) is 10.9. The number of thiocarbonyl (C=S) groups is 1. The van der Waals surface area contributed by atoms with Crippen LogP contribution in [0.1, 0.15) is 78.6 Å². The van der Waals surface area contributed by atoms with Crippen LogP contribution in [0.2, 0.25) is 0 Å². The molecule has 4 rings (SSSR count). The van der Waals surface area contributed by atoms with Crippen molar-refractivity contribution in [2.45, 2.75) is 78.6 Å². The highest BCUT2D eigenvalue weighted by atomic mass is 32.1. The third-order valence-corrected chi connectivity index (χ3v) is 10.3. The summed E-state index contributed by atoms with van der Waals surface area (Å²) in [7, 11) is 0. The van der Waals surface area contributed by atoms with E-state index < -0.39 is 5.92 Å². The van der Waals surface area contributed by atoms with Crippen molar-refractivity contribution >= 4 is 23.0 Å². The predicted molar refractivity (Wildman–Crippen MR) is 115 cm³/mol. The summed E-state index contributed by atoms with van der Waals surface area (Å²) in [6.07, 6.45) is 11.6. The molecule has 0 aromatic heterocycles. The molecule has 0 aromatic rings. The molecule has 28 heavy (non-hydrogen) atoms. The lowest BCUT2D eigenvalue weighted by molar-refractivity contribution is -0.134. The fourth-order valence-electron chi connectivity index (χ4n) is 8.86. The molecule has 0 radical (unpaired) electrons. The zero-order valence-corrected chi connectivity index (χ0v) is 18.6. The van der Waals surface area contributed by atoms with Gasteiger partial charge >= 0.3 is 0 Å². The van der Waals surface area contributed by atoms with E-state index in [1.165, 1.54) is 44.9 Å². The van der Waals surface area contributed by atoms with Gasteiger partial charge in [0.2, 0.25) is 0 Å². The van der Waals surface area contributed by atoms with Crippen LogP contribution >= 0.6 is 12.2 Å². The van der Waals surface area contributed by atoms with Crippen LogP contribution in [0, 0.1) is 63.6 Å². The number of carbonyl (C=O) groups is 1. The maximum absolute atomic E-state index is 12.8. The van der Waals surface area contributed by atoms with Crippen molar-refractivity contribution in [3.63, 3.8) is 0 Å². The van der Waals surface area contributed by atoms with Crippen molar-refractivity contribution in [3.8, 4) is 6.07 Å². The number of rotatable bonds is 3. The Bertz CT molecular complexity index is 714. The summed E-state index contributed by atoms with van der Waals surface area (Å²) < 4.78 is 0. The van der Waals surface area contributed by atoms with E-state index in [0.29, 0.717) is 17.3 Å². The van der Waals surface area contributed by atoms with Gasteiger partial charge in [-0.05, 0) is 92.3 Å². The minimum atomic E-state index is -0.466. The number of fused-ring (bicyclic) bond motifs is 5. The summed E-state index contributed by atoms with van der Waals surface area (Å²) in [4.78, 5) is 13.1. The van der Waals surface area contributed by atoms with Gasteiger partial charge in [-0.3, -0.25) is 4.79 Å². The third-order valence-electron chi connectivity index (χ3n) is 10.00. The van der Waals surface area contributed by atoms with Crippen LogP contribution in [0.5, 0.6) is 0 Å². The molecule has 0 saturated heterocycles. The molecule has 0 spiro atoms. The first-order chi connectivity index (χ1) is 13.2. The van der Waals surface area contributed by atoms with E-state index in [-0.39, 0.29) is 28.0 Å². The second-order valence-corrected chi connectivity index (χ2v) is 11.4. The molecule has 0 heterocycles. The number of ketones is 1. The quantitative estimate of drug-likeness (QED) is 0.655. The van der Waals surface area contributed by atoms with E-state index in [4.69, 9.17) is 18.0 Å². The zero-order chi connectivity index (χ0) is 20.3. The Morgan fingerprint density at radius 1 is 1.11 bits per heavy atom. The number of hydrogen-bond donors (Lipinski definition) is 1. The van der Waals surface area contributed by atoms with Gasteiger partial charge in [0.1, 0.15) is 5.78 Å². The van der Waals surface area contributed by atoms with Crippen LogP contribution < -0.4 is 5.73 Å². The number of nitriles is 1. The van der Waals surface area contributed by atoms with Crippen LogP contribution in [-0.4, -0.2) is 10.8 Å². The summed E-state index contributed by atoms with van der Waals surface area (Å²) in [6, 6.07) is 2.36. The average molecular weight is 401 g/mol. The highest BCUT2D eigenvalue weighted by Gasteiger charge is 2.63. The van der Waals surface area contributed by atoms with Crippen LogP contribution in [0.3, 0.4) is 0 Å². The van der Waals surface area contributed by atoms with Crippen LogP contribution in [-0.2, 0) is 4.79 Å². The molecule has 0 amide bonds. The molecule has 9 atom stereocenters. The molecule has 0 aliphatic heterocycles. The van der Waals surface area contributed by atoms with E-state index in [2.05, 4.69) is 19.9 Å². The largest absolute Gasteiger partial charge is 0.392 e. The van der Waals surface area contributed by atoms with Crippen molar-refractivity contribution in [1.82, 2.24) is 0 Å². The SMILES string of the molecule is CC(=O)C1C(C(C#N)C(N)=S)CC2C3CCC4CCCCC4(C)C3CCC21C. The standard InChI is InChI=1S/C24H36N2OS/c1-14(27)21-17(18(13-25)22(26)28)12-20-16-8-7-15-6-4-5-10-23(15,2)19(16)9-11-24(20,21)3/h15-21H,4-12H2,1-3H3,(H2,26,28). The lowest BCUT2D eigenvalue weighted by atomic mass is 9.45. The van der Waals surface area contributed by atoms with Crippen molar-refractivity contribution in [2.75, 3.05) is 0 Å². The fourth-order valence-corrected chi connectivity index (χ4v) is 9.08. The Kier molecular flexibility index (Phi) is 5.14. The Morgan fingerprint density at radius 3 is 2.50 bits per heavy atom. The zero-order valence-electron chi connectivity index (χ0n) is 17.7. The maximum Gasteiger partial charge on any atom is 0.133 e. The normalized spacial score (nSPS) is 48.5. The lowest BCUT2D eigenvalue weighted by Crippen LogP contribution is -2.53. The molecular weight excluding hydrogens is 364 g/mol. The van der Waals surface area contributed by atoms with E-state index in [1.807, 2.05) is 0 Å². The number of hydrogen-bond acceptors (Lipinski definition) is 3. The topological polar surface area (TPSA) is 66.9 Å². The molecule has 4 saturated carbocycles. The van der Waals surface area contributed by atoms with Gasteiger partial charge in [0, 0.05) is 5.92 Å². The number of nitrogens with zero attached hydrogens (tertiary/aromatic N) is 1. The van der Waals surface area contributed by atoms with Gasteiger partial charge in [0.25, 0.3) is 0 Å². The lowest BCUT2D eigenvalue weighted by Gasteiger charge is -2.60. The Hall–Kier alpha value is -0.950. The molecule has 154 valence electrons. The van der Waals surface area contributed by atoms with Gasteiger partial charge in [-0.1, -0.05) is 38.9 Å². The van der Waals surface area contributed by atoms with E-state index in [9.17, 15) is 10.1 Å². The molecular formula is C24H36N2OS. The molecule has 4 fully saturated rings. The molecule has 0 bridgehead atoms. The van der Waals surface area contributed by atoms with E-state index >= 15 is 0 Å². The first kappa shape index (κ1) is 20.3. The molecule has 4 heteroatoms. The van der Waals surface area contributed by atoms with Gasteiger partial charge < -0.3 is 5.73 Å². The molecule has 4 aliphatic carbocycles. The van der Waals surface area contributed by atoms with Gasteiger partial charge in [0.05, 0.1) is 17.0 Å². The molecule has 0 aromatic carbocycles. The van der Waals surface area contributed by atoms with Crippen LogP contribution in [0.4, 0.5) is 0 Å². The minimum absolute atomic E-state index is 0.00522. The third kappa shape index (κ3) is 2.79. The minimum Gasteiger partial charge on any atom is -0.392 e. The fraction of sp³-hybridized carbons (Fsp3) is 0.875. The molecule has 9 unspecified atom stereocenters. The first-order valence-electron chi connectivity index (χ1n) is 11.4. The highest BCUT2D eigenvalue weighted by Crippen LogP contribution is 2.69. The van der Waals surface area contributed by atoms with Crippen molar-refractivity contribution < 1.29 is 4.79 Å². The molecule has 3 nitrogen and oxygen atoms in total. The summed E-state index contributed by atoms with van der Waals surface area (Å²) >= 11 is 5.25. The van der Waals surface area contributed by atoms with Crippen LogP contribution in [0.25, 0.3) is 0 Å². The molecule has 2 N–H and O–H groups in total. The maximum atomic E-state index is 12.8. The van der Waals surface area contributed by atoms with Gasteiger partial charge in [-0.25, -0.2) is 0 Å². The second kappa shape index (κ2) is 7.08. The number of nitrogens with two attached hydrogens (primary N) is 1. The highest BCUT2D eigenvalue weighted by molar-refractivity contribution is 7.80. The molecule has 4 aliphatic rings. The van der Waals surface area contributed by atoms with E-state index in [0.717, 1.165) is 24.7 Å². The van der Waals surface area contributed by atoms with Gasteiger partial charge in [0.15, 0.2) is 0 Å². The Morgan fingerprint density at radius 2 is 1.86 bits per heavy atom. The van der Waals surface area contributed by atoms with Crippen molar-refractivity contribution in [3.05, 3.63) is 0 Å². The summed E-state index contributed by atoms with van der Waals surface area (Å²) in [6.45, 7) is 6.66. The average Bonchev–Trinajstić information content (AvgIpc) is 2.94. The summed E-state index contributed by atoms with van der Waals surface area (Å²) in [5, 5.41) is 9.77. The summed E-state index contributed by atoms with van der Waals surface area (Å²) in [5.74, 6) is 2.64. The monoisotopic (exact) mass is 400 g/mol. The van der Waals surface area contributed by atoms with Crippen molar-refractivity contribution in [2.24, 2.45) is 58.0 Å². The number of Topliss-reactive ketones (excluding diaryl/α,β-unsaturated/α-hetero) is 1. The summed E-state index contributed by atoms with van der Waals surface area (Å²) in [5.41, 5.74) is 6.46. The predicted octanol–water partition coefficient (Wildman–Crippen LogP) is 5.28. The number of carbonyl (C=O) groups excluding carboxylic acids is 1. The van der Waals surface area contributed by atoms with E-state index in [1.54, 1.807) is 6.92 Å². The van der Waals surface area contributed by atoms with Gasteiger partial charge in [-0.15, -0.1) is 0 Å². The smallest absolute Gasteiger partial charge is 0.133 e. The van der Waals surface area contributed by atoms with Crippen LogP contribution in [0.15, 0.2) is 0 Å². The van der Waals surface area contributed by atoms with Crippen molar-refractivity contribution in [1.29, 1.82) is 5.26 Å². The van der Waals surface area contributed by atoms with Gasteiger partial charge in [-0.2, -0.15) is 5.26 Å². The Labute approximate surface area is 175 Å². The Balaban J connectivity index is 1.69. The first-order valence-corrected chi connectivity index (χ1v) is 11.8.